The molecule has 0 aliphatic carbocycles. The van der Waals surface area contributed by atoms with E-state index in [2.05, 4.69) is 20.8 Å². The predicted molar refractivity (Wildman–Crippen MR) is 57.2 cm³/mol. The highest BCUT2D eigenvalue weighted by Crippen LogP contribution is 2.14. The van der Waals surface area contributed by atoms with Gasteiger partial charge in [0.2, 0.25) is 0 Å². The Balaban J connectivity index is 2.34. The Labute approximate surface area is 99.0 Å². The van der Waals surface area contributed by atoms with Gasteiger partial charge in [-0.2, -0.15) is 0 Å². The largest absolute Gasteiger partial charge is 0.479 e. The Bertz CT molecular complexity index is 412. The van der Waals surface area contributed by atoms with Crippen molar-refractivity contribution in [3.05, 3.63) is 28.6 Å². The van der Waals surface area contributed by atoms with Crippen LogP contribution in [0.3, 0.4) is 0 Å². The molecule has 1 aromatic heterocycles. The Kier molecular flexibility index (Phi) is 4.74. The van der Waals surface area contributed by atoms with Crippen molar-refractivity contribution in [2.45, 2.75) is 0 Å². The summed E-state index contributed by atoms with van der Waals surface area (Å²) in [5.74, 6) is -1.26. The van der Waals surface area contributed by atoms with Crippen LogP contribution in [0.25, 0.3) is 6.08 Å². The molecule has 0 atom stereocenters. The summed E-state index contributed by atoms with van der Waals surface area (Å²) in [7, 11) is 0. The van der Waals surface area contributed by atoms with Crippen LogP contribution in [0.5, 0.6) is 0 Å². The summed E-state index contributed by atoms with van der Waals surface area (Å²) < 4.78 is 5.64. The van der Waals surface area contributed by atoms with Gasteiger partial charge in [0, 0.05) is 6.08 Å². The Morgan fingerprint density at radius 3 is 2.88 bits per heavy atom. The van der Waals surface area contributed by atoms with Crippen LogP contribution >= 0.6 is 15.9 Å². The van der Waals surface area contributed by atoms with Gasteiger partial charge in [-0.05, 0) is 34.1 Å². The number of carbonyl (C=O) groups is 2. The number of amides is 1. The van der Waals surface area contributed by atoms with E-state index in [-0.39, 0.29) is 0 Å². The van der Waals surface area contributed by atoms with Crippen molar-refractivity contribution < 1.29 is 24.0 Å². The minimum absolute atomic E-state index is 0.486. The summed E-state index contributed by atoms with van der Waals surface area (Å²) in [6, 6.07) is 3.34. The highest BCUT2D eigenvalue weighted by Gasteiger charge is 2.00. The van der Waals surface area contributed by atoms with Gasteiger partial charge >= 0.3 is 5.97 Å². The third-order valence-electron chi connectivity index (χ3n) is 1.36. The maximum Gasteiger partial charge on any atom is 0.332 e. The third kappa shape index (κ3) is 4.76. The second kappa shape index (κ2) is 6.09. The van der Waals surface area contributed by atoms with Crippen molar-refractivity contribution in [2.75, 3.05) is 6.61 Å². The van der Waals surface area contributed by atoms with E-state index in [1.54, 1.807) is 12.1 Å². The molecule has 1 heterocycles. The number of halogens is 1. The van der Waals surface area contributed by atoms with Crippen LogP contribution in [0.4, 0.5) is 0 Å². The van der Waals surface area contributed by atoms with Crippen molar-refractivity contribution in [1.82, 2.24) is 5.48 Å². The van der Waals surface area contributed by atoms with Gasteiger partial charge in [0.15, 0.2) is 11.3 Å². The van der Waals surface area contributed by atoms with Crippen molar-refractivity contribution in [3.63, 3.8) is 0 Å². The average Bonchev–Trinajstić information content (AvgIpc) is 2.61. The van der Waals surface area contributed by atoms with Crippen LogP contribution in [0.1, 0.15) is 5.76 Å². The summed E-state index contributed by atoms with van der Waals surface area (Å²) in [6.07, 6.45) is 2.58. The lowest BCUT2D eigenvalue weighted by atomic mass is 10.4. The number of nitrogens with one attached hydrogen (secondary N) is 1. The topological polar surface area (TPSA) is 88.8 Å². The molecule has 16 heavy (non-hydrogen) atoms. The maximum absolute atomic E-state index is 11.0. The molecule has 6 nitrogen and oxygen atoms in total. The first-order valence-corrected chi connectivity index (χ1v) is 4.94. The van der Waals surface area contributed by atoms with Gasteiger partial charge in [0.1, 0.15) is 5.76 Å². The van der Waals surface area contributed by atoms with Crippen LogP contribution < -0.4 is 5.48 Å². The van der Waals surface area contributed by atoms with Gasteiger partial charge in [0.05, 0.1) is 0 Å². The lowest BCUT2D eigenvalue weighted by Gasteiger charge is -1.98. The van der Waals surface area contributed by atoms with Gasteiger partial charge in [-0.3, -0.25) is 9.63 Å². The van der Waals surface area contributed by atoms with Crippen molar-refractivity contribution in [2.24, 2.45) is 0 Å². The van der Waals surface area contributed by atoms with E-state index in [0.29, 0.717) is 10.4 Å². The molecule has 0 bridgehead atoms. The third-order valence-corrected chi connectivity index (χ3v) is 1.79. The van der Waals surface area contributed by atoms with E-state index in [1.807, 2.05) is 5.48 Å². The quantitative estimate of drug-likeness (QED) is 0.628. The van der Waals surface area contributed by atoms with E-state index in [1.165, 1.54) is 6.08 Å². The molecule has 2 N–H and O–H groups in total. The molecule has 0 radical (unpaired) electrons. The van der Waals surface area contributed by atoms with E-state index >= 15 is 0 Å². The molecule has 7 heteroatoms. The zero-order chi connectivity index (χ0) is 12.0. The fourth-order valence-electron chi connectivity index (χ4n) is 0.779. The maximum atomic E-state index is 11.0. The van der Waals surface area contributed by atoms with E-state index in [0.717, 1.165) is 6.08 Å². The minimum atomic E-state index is -1.17. The van der Waals surface area contributed by atoms with Crippen LogP contribution in [-0.4, -0.2) is 23.6 Å². The van der Waals surface area contributed by atoms with E-state index in [4.69, 9.17) is 9.52 Å². The highest BCUT2D eigenvalue weighted by molar-refractivity contribution is 9.10. The van der Waals surface area contributed by atoms with Gasteiger partial charge in [-0.25, -0.2) is 10.3 Å². The van der Waals surface area contributed by atoms with Crippen molar-refractivity contribution >= 4 is 33.9 Å². The summed E-state index contributed by atoms with van der Waals surface area (Å²) in [6.45, 7) is -0.591. The zero-order valence-electron chi connectivity index (χ0n) is 7.97. The standard InChI is InChI=1S/C9H8BrNO5/c10-7-3-1-6(16-7)2-4-8(12)11-15-5-9(13)14/h1-4H,5H2,(H,11,12)(H,13,14). The molecule has 1 amide bonds. The number of hydrogen-bond acceptors (Lipinski definition) is 4. The number of hydroxylamine groups is 1. The number of rotatable bonds is 5. The van der Waals surface area contributed by atoms with Crippen LogP contribution in [0.2, 0.25) is 0 Å². The monoisotopic (exact) mass is 289 g/mol. The van der Waals surface area contributed by atoms with Gasteiger partial charge in [0.25, 0.3) is 5.91 Å². The van der Waals surface area contributed by atoms with Gasteiger partial charge < -0.3 is 9.52 Å². The molecule has 0 saturated heterocycles. The number of furan rings is 1. The Morgan fingerprint density at radius 1 is 1.56 bits per heavy atom. The molecule has 0 fully saturated rings. The van der Waals surface area contributed by atoms with Crippen molar-refractivity contribution in [1.29, 1.82) is 0 Å². The average molecular weight is 290 g/mol. The fraction of sp³-hybridized carbons (Fsp3) is 0.111. The first-order chi connectivity index (χ1) is 7.58. The summed E-state index contributed by atoms with van der Waals surface area (Å²) in [5.41, 5.74) is 1.93. The lowest BCUT2D eigenvalue weighted by molar-refractivity contribution is -0.147. The smallest absolute Gasteiger partial charge is 0.332 e. The molecule has 1 rings (SSSR count). The molecule has 0 aliphatic heterocycles. The molecule has 0 aromatic carbocycles. The van der Waals surface area contributed by atoms with E-state index in [9.17, 15) is 9.59 Å². The number of carboxylic acid groups (broad SMARTS) is 1. The first kappa shape index (κ1) is 12.5. The highest BCUT2D eigenvalue weighted by atomic mass is 79.9. The lowest BCUT2D eigenvalue weighted by Crippen LogP contribution is -2.24. The number of aliphatic carboxylic acids is 1. The predicted octanol–water partition coefficient (Wildman–Crippen LogP) is 1.19. The minimum Gasteiger partial charge on any atom is -0.479 e. The second-order valence-electron chi connectivity index (χ2n) is 2.62. The molecule has 86 valence electrons. The van der Waals surface area contributed by atoms with Gasteiger partial charge in [-0.15, -0.1) is 0 Å². The van der Waals surface area contributed by atoms with Crippen LogP contribution in [-0.2, 0) is 14.4 Å². The van der Waals surface area contributed by atoms with Crippen LogP contribution in [0.15, 0.2) is 27.3 Å². The molecule has 1 aromatic rings. The Morgan fingerprint density at radius 2 is 2.31 bits per heavy atom. The summed E-state index contributed by atoms with van der Waals surface area (Å²) in [5, 5.41) is 8.22. The summed E-state index contributed by atoms with van der Waals surface area (Å²) in [4.78, 5) is 25.4. The fourth-order valence-corrected chi connectivity index (χ4v) is 1.10. The second-order valence-corrected chi connectivity index (χ2v) is 3.41. The molecule has 0 saturated carbocycles. The first-order valence-electron chi connectivity index (χ1n) is 4.15. The van der Waals surface area contributed by atoms with Crippen LogP contribution in [0, 0.1) is 0 Å². The van der Waals surface area contributed by atoms with E-state index < -0.39 is 18.5 Å². The number of hydrogen-bond donors (Lipinski definition) is 2. The SMILES string of the molecule is O=C(O)CONC(=O)C=Cc1ccc(Br)o1. The van der Waals surface area contributed by atoms with Crippen molar-refractivity contribution in [3.8, 4) is 0 Å². The molecular formula is C9H8BrNO5. The number of carbonyl (C=O) groups excluding carboxylic acids is 1. The summed E-state index contributed by atoms with van der Waals surface area (Å²) >= 11 is 3.11. The zero-order valence-corrected chi connectivity index (χ0v) is 9.56. The normalized spacial score (nSPS) is 10.6. The molecule has 0 aliphatic rings. The molecule has 0 unspecified atom stereocenters. The van der Waals surface area contributed by atoms with Gasteiger partial charge in [-0.1, -0.05) is 0 Å². The number of carboxylic acids is 1. The molecule has 0 spiro atoms. The Hall–Kier alpha value is -1.60. The molecular weight excluding hydrogens is 282 g/mol.